The van der Waals surface area contributed by atoms with E-state index < -0.39 is 11.9 Å². The molecule has 0 spiro atoms. The fourth-order valence-electron chi connectivity index (χ4n) is 2.77. The number of para-hydroxylation sites is 2. The Morgan fingerprint density at radius 2 is 1.55 bits per heavy atom. The SMILES string of the molecule is CC(C)COc1ccc(C(=O)Oc2ccccc2C(=O)OCCOc2ccccc2)cc1Br. The van der Waals surface area contributed by atoms with Gasteiger partial charge in [0, 0.05) is 0 Å². The van der Waals surface area contributed by atoms with E-state index in [-0.39, 0.29) is 24.5 Å². The van der Waals surface area contributed by atoms with Crippen LogP contribution in [0.2, 0.25) is 0 Å². The zero-order valence-corrected chi connectivity index (χ0v) is 20.0. The van der Waals surface area contributed by atoms with Gasteiger partial charge in [-0.3, -0.25) is 0 Å². The van der Waals surface area contributed by atoms with Crippen LogP contribution in [0.25, 0.3) is 0 Å². The first kappa shape index (κ1) is 24.3. The summed E-state index contributed by atoms with van der Waals surface area (Å²) in [5, 5.41) is 0. The topological polar surface area (TPSA) is 71.1 Å². The number of carbonyl (C=O) groups excluding carboxylic acids is 2. The highest BCUT2D eigenvalue weighted by Gasteiger charge is 2.18. The van der Waals surface area contributed by atoms with Crippen LogP contribution in [0.3, 0.4) is 0 Å². The molecule has 6 nitrogen and oxygen atoms in total. The molecule has 0 atom stereocenters. The molecule has 0 N–H and O–H groups in total. The molecular formula is C26H25BrO6. The van der Waals surface area contributed by atoms with Crippen molar-refractivity contribution in [1.29, 1.82) is 0 Å². The van der Waals surface area contributed by atoms with Gasteiger partial charge in [0.05, 0.1) is 16.6 Å². The quantitative estimate of drug-likeness (QED) is 0.190. The second-order valence-corrected chi connectivity index (χ2v) is 8.39. The van der Waals surface area contributed by atoms with Crippen molar-refractivity contribution in [1.82, 2.24) is 0 Å². The Bertz CT molecular complexity index is 1080. The standard InChI is InChI=1S/C26H25BrO6/c1-18(2)17-32-24-13-12-19(16-22(24)27)25(28)33-23-11-7-6-10-21(23)26(29)31-15-14-30-20-8-4-3-5-9-20/h3-13,16,18H,14-15,17H2,1-2H3. The second-order valence-electron chi connectivity index (χ2n) is 7.53. The van der Waals surface area contributed by atoms with Gasteiger partial charge in [-0.15, -0.1) is 0 Å². The van der Waals surface area contributed by atoms with Crippen molar-refractivity contribution in [2.75, 3.05) is 19.8 Å². The van der Waals surface area contributed by atoms with Crippen LogP contribution in [-0.2, 0) is 4.74 Å². The summed E-state index contributed by atoms with van der Waals surface area (Å²) in [6, 6.07) is 20.6. The number of hydrogen-bond acceptors (Lipinski definition) is 6. The number of rotatable bonds is 10. The van der Waals surface area contributed by atoms with E-state index in [9.17, 15) is 9.59 Å². The molecule has 0 saturated carbocycles. The zero-order chi connectivity index (χ0) is 23.6. The van der Waals surface area contributed by atoms with Crippen molar-refractivity contribution in [3.05, 3.63) is 88.4 Å². The molecule has 0 heterocycles. The highest BCUT2D eigenvalue weighted by atomic mass is 79.9. The third kappa shape index (κ3) is 7.36. The van der Waals surface area contributed by atoms with Crippen LogP contribution in [0.5, 0.6) is 17.2 Å². The summed E-state index contributed by atoms with van der Waals surface area (Å²) in [7, 11) is 0. The van der Waals surface area contributed by atoms with Crippen molar-refractivity contribution in [3.8, 4) is 17.2 Å². The minimum absolute atomic E-state index is 0.0563. The predicted molar refractivity (Wildman–Crippen MR) is 128 cm³/mol. The molecule has 0 aliphatic heterocycles. The number of benzene rings is 3. The Morgan fingerprint density at radius 1 is 0.818 bits per heavy atom. The van der Waals surface area contributed by atoms with E-state index in [1.165, 1.54) is 0 Å². The van der Waals surface area contributed by atoms with Crippen LogP contribution in [-0.4, -0.2) is 31.8 Å². The van der Waals surface area contributed by atoms with E-state index >= 15 is 0 Å². The highest BCUT2D eigenvalue weighted by molar-refractivity contribution is 9.10. The zero-order valence-electron chi connectivity index (χ0n) is 18.5. The average Bonchev–Trinajstić information content (AvgIpc) is 2.81. The van der Waals surface area contributed by atoms with E-state index in [1.807, 2.05) is 30.3 Å². The van der Waals surface area contributed by atoms with Gasteiger partial charge in [0.2, 0.25) is 0 Å². The molecular weight excluding hydrogens is 488 g/mol. The summed E-state index contributed by atoms with van der Waals surface area (Å²) >= 11 is 3.42. The molecule has 0 aromatic heterocycles. The van der Waals surface area contributed by atoms with Crippen molar-refractivity contribution in [3.63, 3.8) is 0 Å². The molecule has 3 aromatic rings. The number of esters is 2. The minimum atomic E-state index is -0.603. The van der Waals surface area contributed by atoms with Crippen molar-refractivity contribution < 1.29 is 28.5 Å². The Balaban J connectivity index is 1.59. The van der Waals surface area contributed by atoms with Gasteiger partial charge in [0.1, 0.15) is 36.0 Å². The normalized spacial score (nSPS) is 10.5. The summed E-state index contributed by atoms with van der Waals surface area (Å²) in [6.45, 7) is 4.93. The van der Waals surface area contributed by atoms with Crippen LogP contribution < -0.4 is 14.2 Å². The van der Waals surface area contributed by atoms with Gasteiger partial charge >= 0.3 is 11.9 Å². The molecule has 3 rings (SSSR count). The fourth-order valence-corrected chi connectivity index (χ4v) is 3.27. The van der Waals surface area contributed by atoms with Crippen LogP contribution in [0, 0.1) is 5.92 Å². The van der Waals surface area contributed by atoms with E-state index in [0.29, 0.717) is 34.1 Å². The Kier molecular flexibility index (Phi) is 8.89. The van der Waals surface area contributed by atoms with E-state index in [2.05, 4.69) is 29.8 Å². The molecule has 0 bridgehead atoms. The minimum Gasteiger partial charge on any atom is -0.492 e. The van der Waals surface area contributed by atoms with Crippen molar-refractivity contribution in [2.45, 2.75) is 13.8 Å². The predicted octanol–water partition coefficient (Wildman–Crippen LogP) is 5.94. The molecule has 0 aliphatic rings. The van der Waals surface area contributed by atoms with Gasteiger partial charge in [0.15, 0.2) is 0 Å². The van der Waals surface area contributed by atoms with Gasteiger partial charge < -0.3 is 18.9 Å². The molecule has 172 valence electrons. The average molecular weight is 513 g/mol. The lowest BCUT2D eigenvalue weighted by molar-refractivity contribution is 0.0445. The molecule has 3 aromatic carbocycles. The monoisotopic (exact) mass is 512 g/mol. The number of ether oxygens (including phenoxy) is 4. The molecule has 0 aliphatic carbocycles. The van der Waals surface area contributed by atoms with Crippen LogP contribution in [0.15, 0.2) is 77.3 Å². The summed E-state index contributed by atoms with van der Waals surface area (Å²) in [6.07, 6.45) is 0. The third-order valence-electron chi connectivity index (χ3n) is 4.38. The van der Waals surface area contributed by atoms with Crippen LogP contribution >= 0.6 is 15.9 Å². The third-order valence-corrected chi connectivity index (χ3v) is 5.00. The van der Waals surface area contributed by atoms with Crippen LogP contribution in [0.4, 0.5) is 0 Å². The summed E-state index contributed by atoms with van der Waals surface area (Å²) in [5.74, 6) is 0.625. The largest absolute Gasteiger partial charge is 0.492 e. The van der Waals surface area contributed by atoms with Gasteiger partial charge in [-0.05, 0) is 64.3 Å². The lowest BCUT2D eigenvalue weighted by atomic mass is 10.2. The summed E-state index contributed by atoms with van der Waals surface area (Å²) in [4.78, 5) is 25.2. The second kappa shape index (κ2) is 12.1. The molecule has 0 unspecified atom stereocenters. The molecule has 0 amide bonds. The number of hydrogen-bond donors (Lipinski definition) is 0. The summed E-state index contributed by atoms with van der Waals surface area (Å²) < 4.78 is 22.6. The number of carbonyl (C=O) groups is 2. The van der Waals surface area contributed by atoms with Gasteiger partial charge in [-0.1, -0.05) is 44.2 Å². The molecule has 0 saturated heterocycles. The lowest BCUT2D eigenvalue weighted by Gasteiger charge is -2.12. The number of halogens is 1. The van der Waals surface area contributed by atoms with E-state index in [4.69, 9.17) is 18.9 Å². The maximum absolute atomic E-state index is 12.7. The Labute approximate surface area is 201 Å². The fraction of sp³-hybridized carbons (Fsp3) is 0.231. The lowest BCUT2D eigenvalue weighted by Crippen LogP contribution is -2.15. The molecule has 7 heteroatoms. The first-order chi connectivity index (χ1) is 15.9. The van der Waals surface area contributed by atoms with E-state index in [1.54, 1.807) is 42.5 Å². The van der Waals surface area contributed by atoms with Crippen LogP contribution in [0.1, 0.15) is 34.6 Å². The van der Waals surface area contributed by atoms with Gasteiger partial charge in [-0.25, -0.2) is 9.59 Å². The maximum atomic E-state index is 12.7. The van der Waals surface area contributed by atoms with E-state index in [0.717, 1.165) is 0 Å². The molecule has 0 radical (unpaired) electrons. The van der Waals surface area contributed by atoms with Gasteiger partial charge in [0.25, 0.3) is 0 Å². The maximum Gasteiger partial charge on any atom is 0.343 e. The smallest absolute Gasteiger partial charge is 0.343 e. The summed E-state index contributed by atoms with van der Waals surface area (Å²) in [5.41, 5.74) is 0.472. The molecule has 33 heavy (non-hydrogen) atoms. The first-order valence-electron chi connectivity index (χ1n) is 10.5. The van der Waals surface area contributed by atoms with Crippen molar-refractivity contribution in [2.24, 2.45) is 5.92 Å². The van der Waals surface area contributed by atoms with Crippen molar-refractivity contribution >= 4 is 27.9 Å². The molecule has 0 fully saturated rings. The highest BCUT2D eigenvalue weighted by Crippen LogP contribution is 2.28. The first-order valence-corrected chi connectivity index (χ1v) is 11.3. The Morgan fingerprint density at radius 3 is 2.27 bits per heavy atom. The Hall–Kier alpha value is -3.32. The van der Waals surface area contributed by atoms with Gasteiger partial charge in [-0.2, -0.15) is 0 Å².